The molecule has 2 atom stereocenters. The van der Waals surface area contributed by atoms with Crippen LogP contribution in [0.3, 0.4) is 0 Å². The van der Waals surface area contributed by atoms with Gasteiger partial charge in [0.05, 0.1) is 10.8 Å². The fourth-order valence-corrected chi connectivity index (χ4v) is 5.06. The Morgan fingerprint density at radius 3 is 2.24 bits per heavy atom. The van der Waals surface area contributed by atoms with E-state index in [0.29, 0.717) is 12.8 Å². The van der Waals surface area contributed by atoms with Crippen molar-refractivity contribution < 1.29 is 13.2 Å². The Hall–Kier alpha value is -0.420. The highest BCUT2D eigenvalue weighted by molar-refractivity contribution is 7.91. The predicted octanol–water partition coefficient (Wildman–Crippen LogP) is 2.42. The standard InChI is InChI=1S/C16H29NO3S/c1-16(2,17-10-5-4-6-11-17)15(18)13-8-7-9-14(12-13)21(3,19)20/h13-14H,4-12H2,1-3H3. The number of nitrogens with zero attached hydrogens (tertiary/aromatic N) is 1. The van der Waals surface area contributed by atoms with Crippen LogP contribution < -0.4 is 0 Å². The van der Waals surface area contributed by atoms with E-state index in [1.807, 2.05) is 13.8 Å². The van der Waals surface area contributed by atoms with E-state index in [1.165, 1.54) is 12.7 Å². The molecule has 0 spiro atoms. The summed E-state index contributed by atoms with van der Waals surface area (Å²) in [7, 11) is -3.03. The number of sulfone groups is 1. The maximum atomic E-state index is 13.0. The molecule has 1 heterocycles. The molecule has 0 aromatic heterocycles. The molecule has 4 nitrogen and oxygen atoms in total. The van der Waals surface area contributed by atoms with Crippen molar-refractivity contribution in [1.82, 2.24) is 4.90 Å². The van der Waals surface area contributed by atoms with Crippen LogP contribution in [0.1, 0.15) is 58.8 Å². The lowest BCUT2D eigenvalue weighted by atomic mass is 9.78. The molecule has 1 saturated carbocycles. The minimum atomic E-state index is -3.03. The van der Waals surface area contributed by atoms with Crippen molar-refractivity contribution in [2.45, 2.75) is 69.6 Å². The fourth-order valence-electron chi connectivity index (χ4n) is 3.88. The Balaban J connectivity index is 2.07. The number of hydrogen-bond donors (Lipinski definition) is 0. The highest BCUT2D eigenvalue weighted by Crippen LogP contribution is 2.34. The highest BCUT2D eigenvalue weighted by atomic mass is 32.2. The number of carbonyl (C=O) groups excluding carboxylic acids is 1. The number of hydrogen-bond acceptors (Lipinski definition) is 4. The lowest BCUT2D eigenvalue weighted by Crippen LogP contribution is -2.54. The lowest BCUT2D eigenvalue weighted by Gasteiger charge is -2.42. The van der Waals surface area contributed by atoms with Gasteiger partial charge in [0.1, 0.15) is 9.84 Å². The van der Waals surface area contributed by atoms with E-state index in [2.05, 4.69) is 4.90 Å². The molecule has 0 aromatic rings. The molecule has 0 bridgehead atoms. The van der Waals surface area contributed by atoms with Crippen molar-refractivity contribution >= 4 is 15.6 Å². The van der Waals surface area contributed by atoms with E-state index in [9.17, 15) is 13.2 Å². The summed E-state index contributed by atoms with van der Waals surface area (Å²) in [5.74, 6) is 0.160. The smallest absolute Gasteiger partial charge is 0.155 e. The van der Waals surface area contributed by atoms with Gasteiger partial charge in [-0.15, -0.1) is 0 Å². The van der Waals surface area contributed by atoms with Crippen LogP contribution in [0, 0.1) is 5.92 Å². The normalized spacial score (nSPS) is 29.3. The summed E-state index contributed by atoms with van der Waals surface area (Å²) in [5.41, 5.74) is -0.454. The second kappa shape index (κ2) is 6.37. The zero-order chi connectivity index (χ0) is 15.7. The van der Waals surface area contributed by atoms with Crippen molar-refractivity contribution in [3.63, 3.8) is 0 Å². The number of likely N-dealkylation sites (tertiary alicyclic amines) is 1. The number of carbonyl (C=O) groups is 1. The summed E-state index contributed by atoms with van der Waals surface area (Å²) >= 11 is 0. The SMILES string of the molecule is CC(C)(C(=O)C1CCCC(S(C)(=O)=O)C1)N1CCCCC1. The van der Waals surface area contributed by atoms with E-state index in [4.69, 9.17) is 0 Å². The number of piperidine rings is 1. The molecular formula is C16H29NO3S. The molecule has 0 radical (unpaired) electrons. The van der Waals surface area contributed by atoms with E-state index in [1.54, 1.807) is 0 Å². The quantitative estimate of drug-likeness (QED) is 0.799. The summed E-state index contributed by atoms with van der Waals surface area (Å²) in [6.45, 7) is 6.01. The Kier molecular flexibility index (Phi) is 5.14. The average molecular weight is 315 g/mol. The lowest BCUT2D eigenvalue weighted by molar-refractivity contribution is -0.135. The molecule has 1 aliphatic carbocycles. The predicted molar refractivity (Wildman–Crippen MR) is 85.1 cm³/mol. The van der Waals surface area contributed by atoms with Gasteiger partial charge in [0.2, 0.25) is 0 Å². The molecule has 0 amide bonds. The molecule has 2 aliphatic rings. The monoisotopic (exact) mass is 315 g/mol. The third-order valence-electron chi connectivity index (χ3n) is 5.35. The van der Waals surface area contributed by atoms with Crippen LogP contribution in [0.2, 0.25) is 0 Å². The largest absolute Gasteiger partial charge is 0.297 e. The first kappa shape index (κ1) is 16.9. The van der Waals surface area contributed by atoms with E-state index in [-0.39, 0.29) is 17.0 Å². The molecular weight excluding hydrogens is 286 g/mol. The number of Topliss-reactive ketones (excluding diaryl/α,β-unsaturated/α-hetero) is 1. The summed E-state index contributed by atoms with van der Waals surface area (Å²) in [5, 5.41) is -0.322. The van der Waals surface area contributed by atoms with Gasteiger partial charge in [-0.2, -0.15) is 0 Å². The average Bonchev–Trinajstić information content (AvgIpc) is 2.46. The van der Waals surface area contributed by atoms with Crippen LogP contribution in [-0.2, 0) is 14.6 Å². The summed E-state index contributed by atoms with van der Waals surface area (Å²) < 4.78 is 23.6. The van der Waals surface area contributed by atoms with Crippen molar-refractivity contribution in [2.75, 3.05) is 19.3 Å². The molecule has 2 fully saturated rings. The van der Waals surface area contributed by atoms with Crippen molar-refractivity contribution in [2.24, 2.45) is 5.92 Å². The third-order valence-corrected chi connectivity index (χ3v) is 6.99. The Morgan fingerprint density at radius 1 is 1.05 bits per heavy atom. The minimum Gasteiger partial charge on any atom is -0.297 e. The van der Waals surface area contributed by atoms with E-state index >= 15 is 0 Å². The molecule has 1 saturated heterocycles. The maximum Gasteiger partial charge on any atom is 0.155 e. The van der Waals surface area contributed by atoms with Crippen LogP contribution in [-0.4, -0.2) is 49.2 Å². The molecule has 2 rings (SSSR count). The van der Waals surface area contributed by atoms with Gasteiger partial charge in [0, 0.05) is 12.2 Å². The Bertz CT molecular complexity index is 478. The second-order valence-electron chi connectivity index (χ2n) is 7.29. The molecule has 21 heavy (non-hydrogen) atoms. The van der Waals surface area contributed by atoms with Gasteiger partial charge in [-0.1, -0.05) is 12.8 Å². The topological polar surface area (TPSA) is 54.5 Å². The summed E-state index contributed by atoms with van der Waals surface area (Å²) in [4.78, 5) is 15.2. The highest BCUT2D eigenvalue weighted by Gasteiger charge is 2.41. The minimum absolute atomic E-state index is 0.0876. The summed E-state index contributed by atoms with van der Waals surface area (Å²) in [6.07, 6.45) is 7.81. The molecule has 1 aliphatic heterocycles. The third kappa shape index (κ3) is 3.86. The van der Waals surface area contributed by atoms with Gasteiger partial charge >= 0.3 is 0 Å². The second-order valence-corrected chi connectivity index (χ2v) is 9.61. The van der Waals surface area contributed by atoms with Crippen LogP contribution in [0.15, 0.2) is 0 Å². The van der Waals surface area contributed by atoms with Crippen molar-refractivity contribution in [1.29, 1.82) is 0 Å². The van der Waals surface area contributed by atoms with Crippen LogP contribution >= 0.6 is 0 Å². The van der Waals surface area contributed by atoms with Gasteiger partial charge in [0.15, 0.2) is 5.78 Å². The molecule has 122 valence electrons. The van der Waals surface area contributed by atoms with Crippen molar-refractivity contribution in [3.05, 3.63) is 0 Å². The zero-order valence-electron chi connectivity index (χ0n) is 13.6. The molecule has 0 aromatic carbocycles. The number of ketones is 1. The first-order chi connectivity index (χ1) is 9.73. The molecule has 5 heteroatoms. The van der Waals surface area contributed by atoms with Gasteiger partial charge in [-0.25, -0.2) is 8.42 Å². The van der Waals surface area contributed by atoms with Gasteiger partial charge in [-0.05, 0) is 59.0 Å². The summed E-state index contributed by atoms with van der Waals surface area (Å²) in [6, 6.07) is 0. The van der Waals surface area contributed by atoms with Crippen LogP contribution in [0.4, 0.5) is 0 Å². The molecule has 2 unspecified atom stereocenters. The van der Waals surface area contributed by atoms with Crippen LogP contribution in [0.5, 0.6) is 0 Å². The van der Waals surface area contributed by atoms with Gasteiger partial charge < -0.3 is 0 Å². The van der Waals surface area contributed by atoms with Gasteiger partial charge in [0.25, 0.3) is 0 Å². The van der Waals surface area contributed by atoms with E-state index in [0.717, 1.165) is 38.8 Å². The van der Waals surface area contributed by atoms with E-state index < -0.39 is 15.4 Å². The molecule has 0 N–H and O–H groups in total. The Labute approximate surface area is 129 Å². The number of rotatable bonds is 4. The van der Waals surface area contributed by atoms with Crippen LogP contribution in [0.25, 0.3) is 0 Å². The van der Waals surface area contributed by atoms with Gasteiger partial charge in [-0.3, -0.25) is 9.69 Å². The first-order valence-electron chi connectivity index (χ1n) is 8.21. The Morgan fingerprint density at radius 2 is 1.67 bits per heavy atom. The van der Waals surface area contributed by atoms with Crippen molar-refractivity contribution in [3.8, 4) is 0 Å². The maximum absolute atomic E-state index is 13.0. The fraction of sp³-hybridized carbons (Fsp3) is 0.938. The first-order valence-corrected chi connectivity index (χ1v) is 10.2. The zero-order valence-corrected chi connectivity index (χ0v) is 14.4.